The third kappa shape index (κ3) is 6.70. The van der Waals surface area contributed by atoms with Crippen LogP contribution < -0.4 is 19.3 Å². The number of ether oxygens (including phenoxy) is 4. The summed E-state index contributed by atoms with van der Waals surface area (Å²) in [5.74, 6) is 1.34. The van der Waals surface area contributed by atoms with Crippen molar-refractivity contribution in [3.8, 4) is 11.5 Å². The molecule has 4 aromatic rings. The van der Waals surface area contributed by atoms with E-state index in [9.17, 15) is 14.7 Å². The highest BCUT2D eigenvalue weighted by Gasteiger charge is 2.35. The Morgan fingerprint density at radius 3 is 2.68 bits per heavy atom. The van der Waals surface area contributed by atoms with E-state index < -0.39 is 6.09 Å². The van der Waals surface area contributed by atoms with Gasteiger partial charge in [0.1, 0.15) is 23.1 Å². The molecule has 7 rings (SSSR count). The van der Waals surface area contributed by atoms with Crippen molar-refractivity contribution < 1.29 is 38.1 Å². The molecule has 12 nitrogen and oxygen atoms in total. The second kappa shape index (κ2) is 13.5. The van der Waals surface area contributed by atoms with Crippen LogP contribution in [0.15, 0.2) is 71.1 Å². The molecule has 2 fully saturated rings. The standard InChI is InChI=1S/C35H38N4O8/c1-43-16-4-14-39-29-17-23(7-12-31(29)45-22-33(39)40)21-44-32-20-37(35(41)42)15-13-27(32)24-8-10-25(11-9-24)46-26-18-38(19-26)34-36-28-5-2-3-6-30(28)47-34/h2-3,5-12,17,26-27,32H,4,13-16,18-22H2,1H3,(H,41,42). The number of hydrogen-bond acceptors (Lipinski definition) is 9. The minimum Gasteiger partial charge on any atom is -0.487 e. The van der Waals surface area contributed by atoms with Crippen molar-refractivity contribution in [2.75, 3.05) is 62.8 Å². The van der Waals surface area contributed by atoms with Crippen LogP contribution in [-0.4, -0.2) is 92.2 Å². The maximum Gasteiger partial charge on any atom is 0.407 e. The molecule has 246 valence electrons. The van der Waals surface area contributed by atoms with Crippen LogP contribution >= 0.6 is 0 Å². The number of aromatic nitrogens is 1. The monoisotopic (exact) mass is 642 g/mol. The molecule has 0 spiro atoms. The van der Waals surface area contributed by atoms with Gasteiger partial charge in [0.25, 0.3) is 11.9 Å². The van der Waals surface area contributed by atoms with E-state index in [1.54, 1.807) is 12.0 Å². The van der Waals surface area contributed by atoms with E-state index in [2.05, 4.69) is 9.88 Å². The zero-order valence-electron chi connectivity index (χ0n) is 26.2. The Morgan fingerprint density at radius 2 is 1.89 bits per heavy atom. The fourth-order valence-electron chi connectivity index (χ4n) is 6.44. The SMILES string of the molecule is COCCCN1C(=O)COc2ccc(COC3CN(C(=O)O)CCC3c3ccc(OC4CN(c5nc6ccccc6o5)C4)cc3)cc21. The lowest BCUT2D eigenvalue weighted by molar-refractivity contribution is -0.121. The summed E-state index contributed by atoms with van der Waals surface area (Å²) in [5, 5.41) is 9.73. The summed E-state index contributed by atoms with van der Waals surface area (Å²) >= 11 is 0. The second-order valence-corrected chi connectivity index (χ2v) is 12.1. The van der Waals surface area contributed by atoms with Gasteiger partial charge in [0.05, 0.1) is 38.0 Å². The molecule has 0 radical (unpaired) electrons. The smallest absolute Gasteiger partial charge is 0.407 e. The van der Waals surface area contributed by atoms with Gasteiger partial charge in [0, 0.05) is 32.7 Å². The zero-order valence-corrected chi connectivity index (χ0v) is 26.2. The van der Waals surface area contributed by atoms with E-state index in [1.807, 2.05) is 66.7 Å². The van der Waals surface area contributed by atoms with Crippen LogP contribution in [0, 0.1) is 0 Å². The van der Waals surface area contributed by atoms with Crippen LogP contribution in [0.3, 0.4) is 0 Å². The normalized spacial score (nSPS) is 19.8. The number of piperidine rings is 1. The predicted molar refractivity (Wildman–Crippen MR) is 173 cm³/mol. The number of hydrogen-bond donors (Lipinski definition) is 1. The average molecular weight is 643 g/mol. The van der Waals surface area contributed by atoms with Crippen molar-refractivity contribution in [3.63, 3.8) is 0 Å². The van der Waals surface area contributed by atoms with Gasteiger partial charge < -0.3 is 43.2 Å². The van der Waals surface area contributed by atoms with Crippen LogP contribution in [0.2, 0.25) is 0 Å². The Morgan fingerprint density at radius 1 is 1.06 bits per heavy atom. The number of rotatable bonds is 11. The summed E-state index contributed by atoms with van der Waals surface area (Å²) in [6.45, 7) is 3.43. The number of para-hydroxylation sites is 2. The molecule has 2 amide bonds. The lowest BCUT2D eigenvalue weighted by Crippen LogP contribution is -2.54. The molecule has 2 saturated heterocycles. The van der Waals surface area contributed by atoms with Crippen molar-refractivity contribution in [3.05, 3.63) is 77.9 Å². The van der Waals surface area contributed by atoms with Gasteiger partial charge in [-0.3, -0.25) is 4.79 Å². The molecule has 1 aromatic heterocycles. The number of carbonyl (C=O) groups excluding carboxylic acids is 1. The first-order valence-electron chi connectivity index (χ1n) is 16.0. The number of benzene rings is 3. The minimum absolute atomic E-state index is 0.00563. The molecular weight excluding hydrogens is 604 g/mol. The van der Waals surface area contributed by atoms with E-state index in [1.165, 1.54) is 4.90 Å². The molecule has 12 heteroatoms. The largest absolute Gasteiger partial charge is 0.487 e. The van der Waals surface area contributed by atoms with Crippen molar-refractivity contribution in [1.29, 1.82) is 0 Å². The van der Waals surface area contributed by atoms with Crippen molar-refractivity contribution in [1.82, 2.24) is 9.88 Å². The third-order valence-electron chi connectivity index (χ3n) is 9.00. The number of nitrogens with zero attached hydrogens (tertiary/aromatic N) is 4. The van der Waals surface area contributed by atoms with Gasteiger partial charge in [-0.1, -0.05) is 30.3 Å². The van der Waals surface area contributed by atoms with E-state index in [0.29, 0.717) is 63.1 Å². The Hall–Kier alpha value is -4.81. The molecule has 4 heterocycles. The fourth-order valence-corrected chi connectivity index (χ4v) is 6.44. The molecule has 0 saturated carbocycles. The van der Waals surface area contributed by atoms with E-state index in [-0.39, 0.29) is 43.8 Å². The minimum atomic E-state index is -0.954. The zero-order chi connectivity index (χ0) is 32.3. The first kappa shape index (κ1) is 30.8. The fraction of sp³-hybridized carbons (Fsp3) is 0.400. The lowest BCUT2D eigenvalue weighted by Gasteiger charge is -2.38. The number of methoxy groups -OCH3 is 1. The molecule has 2 unspecified atom stereocenters. The number of carbonyl (C=O) groups is 2. The Balaban J connectivity index is 0.988. The molecule has 2 atom stereocenters. The van der Waals surface area contributed by atoms with Crippen LogP contribution in [0.1, 0.15) is 29.9 Å². The number of likely N-dealkylation sites (tertiary alicyclic amines) is 1. The number of amides is 2. The van der Waals surface area contributed by atoms with Gasteiger partial charge in [-0.15, -0.1) is 0 Å². The van der Waals surface area contributed by atoms with Crippen LogP contribution in [0.5, 0.6) is 11.5 Å². The van der Waals surface area contributed by atoms with Crippen LogP contribution in [0.25, 0.3) is 11.1 Å². The Bertz CT molecular complexity index is 1690. The van der Waals surface area contributed by atoms with Crippen LogP contribution in [-0.2, 0) is 20.9 Å². The summed E-state index contributed by atoms with van der Waals surface area (Å²) in [6, 6.07) is 22.1. The van der Waals surface area contributed by atoms with Gasteiger partial charge in [-0.05, 0) is 60.4 Å². The van der Waals surface area contributed by atoms with Gasteiger partial charge in [0.2, 0.25) is 0 Å². The van der Waals surface area contributed by atoms with Crippen molar-refractivity contribution in [2.45, 2.75) is 37.6 Å². The van der Waals surface area contributed by atoms with Crippen LogP contribution in [0.4, 0.5) is 16.5 Å². The highest BCUT2D eigenvalue weighted by atomic mass is 16.5. The lowest BCUT2D eigenvalue weighted by atomic mass is 9.87. The number of anilines is 2. The summed E-state index contributed by atoms with van der Waals surface area (Å²) in [4.78, 5) is 34.3. The molecule has 1 N–H and O–H groups in total. The van der Waals surface area contributed by atoms with E-state index in [4.69, 9.17) is 23.4 Å². The van der Waals surface area contributed by atoms with Crippen molar-refractivity contribution >= 4 is 34.8 Å². The average Bonchev–Trinajstić information content (AvgIpc) is 3.50. The molecule has 3 aliphatic rings. The number of carboxylic acid groups (broad SMARTS) is 1. The summed E-state index contributed by atoms with van der Waals surface area (Å²) < 4.78 is 29.4. The highest BCUT2D eigenvalue weighted by Crippen LogP contribution is 2.36. The van der Waals surface area contributed by atoms with E-state index in [0.717, 1.165) is 28.0 Å². The maximum absolute atomic E-state index is 12.6. The maximum atomic E-state index is 12.6. The summed E-state index contributed by atoms with van der Waals surface area (Å²) in [5.41, 5.74) is 4.27. The van der Waals surface area contributed by atoms with Gasteiger partial charge in [-0.2, -0.15) is 4.98 Å². The second-order valence-electron chi connectivity index (χ2n) is 12.1. The molecule has 3 aliphatic heterocycles. The Kier molecular flexibility index (Phi) is 8.86. The highest BCUT2D eigenvalue weighted by molar-refractivity contribution is 5.97. The Labute approximate surface area is 272 Å². The molecule has 3 aromatic carbocycles. The summed E-state index contributed by atoms with van der Waals surface area (Å²) in [7, 11) is 1.64. The van der Waals surface area contributed by atoms with Crippen molar-refractivity contribution in [2.24, 2.45) is 0 Å². The van der Waals surface area contributed by atoms with E-state index >= 15 is 0 Å². The predicted octanol–water partition coefficient (Wildman–Crippen LogP) is 4.91. The molecule has 47 heavy (non-hydrogen) atoms. The topological polar surface area (TPSA) is 127 Å². The number of fused-ring (bicyclic) bond motifs is 2. The molecule has 0 aliphatic carbocycles. The molecule has 0 bridgehead atoms. The third-order valence-corrected chi connectivity index (χ3v) is 9.00. The van der Waals surface area contributed by atoms with Gasteiger partial charge >= 0.3 is 6.09 Å². The first-order chi connectivity index (χ1) is 22.9. The van der Waals surface area contributed by atoms with Gasteiger partial charge in [-0.25, -0.2) is 4.79 Å². The molecular formula is C35H38N4O8. The number of oxazole rings is 1. The first-order valence-corrected chi connectivity index (χ1v) is 16.0. The van der Waals surface area contributed by atoms with Gasteiger partial charge in [0.15, 0.2) is 12.2 Å². The summed E-state index contributed by atoms with van der Waals surface area (Å²) in [6.07, 6.45) is 0.0669. The quantitative estimate of drug-likeness (QED) is 0.226.